The Labute approximate surface area is 373 Å². The summed E-state index contributed by atoms with van der Waals surface area (Å²) in [7, 11) is 0. The highest BCUT2D eigenvalue weighted by Crippen LogP contribution is 2.42. The number of aromatic nitrogens is 1. The maximum Gasteiger partial charge on any atom is 0.0541 e. The average Bonchev–Trinajstić information content (AvgIpc) is 3.71. The van der Waals surface area contributed by atoms with E-state index in [0.717, 1.165) is 17.1 Å². The largest absolute Gasteiger partial charge is 0.310 e. The van der Waals surface area contributed by atoms with Gasteiger partial charge in [0.15, 0.2) is 0 Å². The zero-order valence-corrected chi connectivity index (χ0v) is 35.1. The summed E-state index contributed by atoms with van der Waals surface area (Å²) in [4.78, 5) is 2.38. The van der Waals surface area contributed by atoms with Gasteiger partial charge in [-0.15, -0.1) is 0 Å². The number of rotatable bonds is 8. The molecule has 0 saturated heterocycles. The fourth-order valence-electron chi connectivity index (χ4n) is 9.75. The maximum atomic E-state index is 2.42. The first kappa shape index (κ1) is 37.3. The van der Waals surface area contributed by atoms with Crippen LogP contribution >= 0.6 is 0 Å². The van der Waals surface area contributed by atoms with E-state index in [1.54, 1.807) is 0 Å². The van der Waals surface area contributed by atoms with Crippen molar-refractivity contribution >= 4 is 60.4 Å². The van der Waals surface area contributed by atoms with Gasteiger partial charge in [-0.25, -0.2) is 0 Å². The van der Waals surface area contributed by atoms with Crippen LogP contribution in [0.1, 0.15) is 0 Å². The number of fused-ring (bicyclic) bond motifs is 5. The molecule has 0 fully saturated rings. The number of hydrogen-bond acceptors (Lipinski definition) is 1. The van der Waals surface area contributed by atoms with Crippen LogP contribution in [0.2, 0.25) is 0 Å². The Balaban J connectivity index is 0.951. The lowest BCUT2D eigenvalue weighted by Crippen LogP contribution is -2.09. The highest BCUT2D eigenvalue weighted by molar-refractivity contribution is 6.10. The topological polar surface area (TPSA) is 8.17 Å². The van der Waals surface area contributed by atoms with Crippen molar-refractivity contribution in [2.24, 2.45) is 0 Å². The van der Waals surface area contributed by atoms with Gasteiger partial charge in [-0.05, 0) is 121 Å². The van der Waals surface area contributed by atoms with Crippen molar-refractivity contribution in [3.8, 4) is 50.2 Å². The third-order valence-electron chi connectivity index (χ3n) is 12.8. The molecule has 0 aliphatic rings. The third kappa shape index (κ3) is 6.52. The van der Waals surface area contributed by atoms with Crippen molar-refractivity contribution in [1.82, 2.24) is 4.57 Å². The molecule has 2 nitrogen and oxygen atoms in total. The van der Waals surface area contributed by atoms with Gasteiger partial charge in [-0.1, -0.05) is 194 Å². The molecule has 300 valence electrons. The summed E-state index contributed by atoms with van der Waals surface area (Å²) in [6.45, 7) is 0. The highest BCUT2D eigenvalue weighted by Gasteiger charge is 2.18. The van der Waals surface area contributed by atoms with Gasteiger partial charge in [-0.2, -0.15) is 0 Å². The van der Waals surface area contributed by atoms with Crippen LogP contribution in [0.15, 0.2) is 255 Å². The molecule has 1 aromatic heterocycles. The Morgan fingerprint density at radius 3 is 1.38 bits per heavy atom. The lowest BCUT2D eigenvalue weighted by atomic mass is 9.91. The Morgan fingerprint density at radius 1 is 0.266 bits per heavy atom. The number of nitrogens with zero attached hydrogens (tertiary/aromatic N) is 2. The standard InChI is InChI=1S/C62H42N2/c1-3-15-43(16-4-1)44-31-36-51(37-32-44)63(52-38-33-46(34-39-52)56-25-14-20-47-19-13-24-55(62(47)56)45-17-5-2-6-18-45)53-40-35-48-41-50(30-29-49(48)42-53)54-21-7-10-26-59(54)64-60-27-11-8-22-57(60)58-23-9-12-28-61(58)64/h1-42H. The molecule has 0 spiro atoms. The van der Waals surface area contributed by atoms with Crippen molar-refractivity contribution in [2.45, 2.75) is 0 Å². The summed E-state index contributed by atoms with van der Waals surface area (Å²) >= 11 is 0. The van der Waals surface area contributed by atoms with E-state index in [-0.39, 0.29) is 0 Å². The Hall–Kier alpha value is -8.46. The zero-order chi connectivity index (χ0) is 42.4. The van der Waals surface area contributed by atoms with E-state index in [1.165, 1.54) is 93.5 Å². The first-order valence-electron chi connectivity index (χ1n) is 22.0. The van der Waals surface area contributed by atoms with Crippen LogP contribution < -0.4 is 4.90 Å². The molecular weight excluding hydrogens is 773 g/mol. The fraction of sp³-hybridized carbons (Fsp3) is 0. The van der Waals surface area contributed by atoms with Crippen LogP contribution in [-0.2, 0) is 0 Å². The van der Waals surface area contributed by atoms with Crippen molar-refractivity contribution in [3.05, 3.63) is 255 Å². The first-order valence-corrected chi connectivity index (χ1v) is 22.0. The molecule has 12 aromatic rings. The molecule has 0 aliphatic heterocycles. The molecule has 0 amide bonds. The summed E-state index contributed by atoms with van der Waals surface area (Å²) in [5.41, 5.74) is 16.5. The molecular formula is C62H42N2. The molecule has 64 heavy (non-hydrogen) atoms. The summed E-state index contributed by atoms with van der Waals surface area (Å²) < 4.78 is 2.42. The maximum absolute atomic E-state index is 2.42. The minimum Gasteiger partial charge on any atom is -0.310 e. The van der Waals surface area contributed by atoms with E-state index in [1.807, 2.05) is 0 Å². The van der Waals surface area contributed by atoms with E-state index >= 15 is 0 Å². The minimum absolute atomic E-state index is 1.09. The number of anilines is 3. The quantitative estimate of drug-likeness (QED) is 0.148. The van der Waals surface area contributed by atoms with Gasteiger partial charge < -0.3 is 9.47 Å². The summed E-state index contributed by atoms with van der Waals surface area (Å²) in [6, 6.07) is 92.6. The predicted octanol–water partition coefficient (Wildman–Crippen LogP) is 17.2. The van der Waals surface area contributed by atoms with Gasteiger partial charge >= 0.3 is 0 Å². The number of para-hydroxylation sites is 3. The van der Waals surface area contributed by atoms with E-state index in [0.29, 0.717) is 0 Å². The lowest BCUT2D eigenvalue weighted by molar-refractivity contribution is 1.18. The van der Waals surface area contributed by atoms with Gasteiger partial charge in [0.2, 0.25) is 0 Å². The second-order valence-corrected chi connectivity index (χ2v) is 16.5. The molecule has 11 aromatic carbocycles. The molecule has 0 aliphatic carbocycles. The van der Waals surface area contributed by atoms with Crippen LogP contribution in [0.4, 0.5) is 17.1 Å². The Morgan fingerprint density at radius 2 is 0.719 bits per heavy atom. The molecule has 0 N–H and O–H groups in total. The molecule has 12 rings (SSSR count). The third-order valence-corrected chi connectivity index (χ3v) is 12.8. The lowest BCUT2D eigenvalue weighted by Gasteiger charge is -2.26. The molecule has 0 saturated carbocycles. The van der Waals surface area contributed by atoms with Crippen LogP contribution in [-0.4, -0.2) is 4.57 Å². The van der Waals surface area contributed by atoms with Crippen molar-refractivity contribution in [1.29, 1.82) is 0 Å². The molecule has 0 unspecified atom stereocenters. The molecule has 0 radical (unpaired) electrons. The SMILES string of the molecule is c1ccc(-c2ccc(N(c3ccc(-c4cccc5cccc(-c6ccccc6)c45)cc3)c3ccc4cc(-c5ccccc5-n5c6ccccc6c6ccccc65)ccc4c3)cc2)cc1. The first-order chi connectivity index (χ1) is 31.7. The zero-order valence-electron chi connectivity index (χ0n) is 35.1. The van der Waals surface area contributed by atoms with Crippen LogP contribution in [0, 0.1) is 0 Å². The normalized spacial score (nSPS) is 11.4. The van der Waals surface area contributed by atoms with Crippen molar-refractivity contribution in [2.75, 3.05) is 4.90 Å². The van der Waals surface area contributed by atoms with Gasteiger partial charge in [0, 0.05) is 33.4 Å². The van der Waals surface area contributed by atoms with Crippen LogP contribution in [0.5, 0.6) is 0 Å². The Kier molecular flexibility index (Phi) is 9.20. The fourth-order valence-corrected chi connectivity index (χ4v) is 9.75. The van der Waals surface area contributed by atoms with Gasteiger partial charge in [-0.3, -0.25) is 0 Å². The second-order valence-electron chi connectivity index (χ2n) is 16.5. The second kappa shape index (κ2) is 15.8. The van der Waals surface area contributed by atoms with Crippen molar-refractivity contribution < 1.29 is 0 Å². The van der Waals surface area contributed by atoms with Crippen LogP contribution in [0.3, 0.4) is 0 Å². The minimum atomic E-state index is 1.09. The van der Waals surface area contributed by atoms with Crippen LogP contribution in [0.25, 0.3) is 93.5 Å². The van der Waals surface area contributed by atoms with Crippen molar-refractivity contribution in [3.63, 3.8) is 0 Å². The van der Waals surface area contributed by atoms with E-state index in [4.69, 9.17) is 0 Å². The van der Waals surface area contributed by atoms with Gasteiger partial charge in [0.25, 0.3) is 0 Å². The number of hydrogen-bond donors (Lipinski definition) is 0. The number of benzene rings is 11. The smallest absolute Gasteiger partial charge is 0.0541 e. The molecule has 1 heterocycles. The monoisotopic (exact) mass is 814 g/mol. The van der Waals surface area contributed by atoms with Gasteiger partial charge in [0.1, 0.15) is 0 Å². The Bertz CT molecular complexity index is 3580. The average molecular weight is 815 g/mol. The summed E-state index contributed by atoms with van der Waals surface area (Å²) in [5.74, 6) is 0. The van der Waals surface area contributed by atoms with E-state index < -0.39 is 0 Å². The van der Waals surface area contributed by atoms with E-state index in [2.05, 4.69) is 264 Å². The van der Waals surface area contributed by atoms with E-state index in [9.17, 15) is 0 Å². The molecule has 2 heteroatoms. The molecule has 0 bridgehead atoms. The summed E-state index contributed by atoms with van der Waals surface area (Å²) in [6.07, 6.45) is 0. The highest BCUT2D eigenvalue weighted by atomic mass is 15.1. The summed E-state index contributed by atoms with van der Waals surface area (Å²) in [5, 5.41) is 7.40. The molecule has 0 atom stereocenters. The van der Waals surface area contributed by atoms with Gasteiger partial charge in [0.05, 0.1) is 16.7 Å². The predicted molar refractivity (Wildman–Crippen MR) is 272 cm³/mol.